The van der Waals surface area contributed by atoms with Crippen molar-refractivity contribution in [3.05, 3.63) is 68.7 Å². The van der Waals surface area contributed by atoms with Crippen molar-refractivity contribution >= 4 is 40.5 Å². The molecule has 0 aromatic heterocycles. The fourth-order valence-corrected chi connectivity index (χ4v) is 3.56. The van der Waals surface area contributed by atoms with Crippen LogP contribution in [-0.2, 0) is 6.54 Å². The second-order valence-corrected chi connectivity index (χ2v) is 7.45. The summed E-state index contributed by atoms with van der Waals surface area (Å²) in [6.45, 7) is 6.68. The molecule has 2 aromatic rings. The fourth-order valence-electron chi connectivity index (χ4n) is 2.89. The van der Waals surface area contributed by atoms with Crippen molar-refractivity contribution in [1.82, 2.24) is 9.91 Å². The van der Waals surface area contributed by atoms with Crippen LogP contribution in [0.4, 0.5) is 0 Å². The Morgan fingerprint density at radius 1 is 0.920 bits per heavy atom. The summed E-state index contributed by atoms with van der Waals surface area (Å²) >= 11 is 18.2. The molecule has 0 aliphatic carbocycles. The van der Waals surface area contributed by atoms with Gasteiger partial charge in [-0.3, -0.25) is 9.91 Å². The zero-order valence-electron chi connectivity index (χ0n) is 14.1. The molecule has 0 radical (unpaired) electrons. The molecule has 0 atom stereocenters. The number of hydrogen-bond donors (Lipinski definition) is 0. The summed E-state index contributed by atoms with van der Waals surface area (Å²) in [5, 5.41) is 8.89. The Morgan fingerprint density at radius 2 is 1.56 bits per heavy atom. The average molecular weight is 397 g/mol. The van der Waals surface area contributed by atoms with E-state index in [9.17, 15) is 0 Å². The van der Waals surface area contributed by atoms with Crippen molar-refractivity contribution in [1.29, 1.82) is 0 Å². The van der Waals surface area contributed by atoms with E-state index in [4.69, 9.17) is 39.9 Å². The first kappa shape index (κ1) is 18.5. The van der Waals surface area contributed by atoms with Gasteiger partial charge in [-0.25, -0.2) is 0 Å². The van der Waals surface area contributed by atoms with Crippen molar-refractivity contribution < 1.29 is 0 Å². The van der Waals surface area contributed by atoms with Gasteiger partial charge in [0.15, 0.2) is 0 Å². The van der Waals surface area contributed by atoms with E-state index in [1.807, 2.05) is 31.2 Å². The normalized spacial score (nSPS) is 16.3. The van der Waals surface area contributed by atoms with Crippen LogP contribution in [0, 0.1) is 0 Å². The zero-order valence-corrected chi connectivity index (χ0v) is 16.3. The van der Waals surface area contributed by atoms with Crippen molar-refractivity contribution in [2.45, 2.75) is 13.5 Å². The van der Waals surface area contributed by atoms with Gasteiger partial charge in [0.2, 0.25) is 0 Å². The number of rotatable bonds is 4. The summed E-state index contributed by atoms with van der Waals surface area (Å²) in [4.78, 5) is 2.43. The molecular formula is C19H20Cl3N3. The zero-order chi connectivity index (χ0) is 17.8. The van der Waals surface area contributed by atoms with Gasteiger partial charge in [-0.2, -0.15) is 5.10 Å². The second-order valence-electron chi connectivity index (χ2n) is 6.17. The minimum atomic E-state index is 0.634. The molecule has 1 heterocycles. The van der Waals surface area contributed by atoms with E-state index in [1.165, 1.54) is 5.56 Å². The molecule has 0 N–H and O–H groups in total. The predicted molar refractivity (Wildman–Crippen MR) is 107 cm³/mol. The topological polar surface area (TPSA) is 18.8 Å². The molecule has 1 fully saturated rings. The average Bonchev–Trinajstić information content (AvgIpc) is 2.58. The molecule has 132 valence electrons. The first-order valence-electron chi connectivity index (χ1n) is 8.23. The first-order valence-corrected chi connectivity index (χ1v) is 9.37. The Hall–Kier alpha value is -1.26. The Kier molecular flexibility index (Phi) is 6.24. The predicted octanol–water partition coefficient (Wildman–Crippen LogP) is 5.19. The van der Waals surface area contributed by atoms with Gasteiger partial charge in [0.05, 0.1) is 10.7 Å². The lowest BCUT2D eigenvalue weighted by Gasteiger charge is -2.33. The first-order chi connectivity index (χ1) is 12.0. The lowest BCUT2D eigenvalue weighted by Crippen LogP contribution is -2.43. The van der Waals surface area contributed by atoms with Crippen LogP contribution in [0.1, 0.15) is 18.1 Å². The number of piperazine rings is 1. The summed E-state index contributed by atoms with van der Waals surface area (Å²) in [7, 11) is 0. The van der Waals surface area contributed by atoms with E-state index in [1.54, 1.807) is 6.07 Å². The van der Waals surface area contributed by atoms with E-state index in [0.29, 0.717) is 10.0 Å². The summed E-state index contributed by atoms with van der Waals surface area (Å²) in [5.74, 6) is 0. The summed E-state index contributed by atoms with van der Waals surface area (Å²) < 4.78 is 0. The third-order valence-electron chi connectivity index (χ3n) is 4.28. The van der Waals surface area contributed by atoms with Crippen LogP contribution in [0.2, 0.25) is 15.1 Å². The Morgan fingerprint density at radius 3 is 2.20 bits per heavy atom. The molecule has 0 bridgehead atoms. The molecule has 1 aliphatic heterocycles. The van der Waals surface area contributed by atoms with Crippen LogP contribution in [0.15, 0.2) is 47.6 Å². The fraction of sp³-hybridized carbons (Fsp3) is 0.316. The number of hydrogen-bond acceptors (Lipinski definition) is 3. The highest BCUT2D eigenvalue weighted by Gasteiger charge is 2.16. The van der Waals surface area contributed by atoms with Gasteiger partial charge >= 0.3 is 0 Å². The molecule has 0 unspecified atom stereocenters. The van der Waals surface area contributed by atoms with Gasteiger partial charge in [0.1, 0.15) is 0 Å². The Bertz CT molecular complexity index is 751. The molecular weight excluding hydrogens is 377 g/mol. The van der Waals surface area contributed by atoms with E-state index < -0.39 is 0 Å². The van der Waals surface area contributed by atoms with Crippen molar-refractivity contribution in [3.8, 4) is 0 Å². The third-order valence-corrected chi connectivity index (χ3v) is 5.08. The standard InChI is InChI=1S/C19H20Cl3N3/c1-14(18-7-6-17(21)12-19(18)22)23-25-10-8-24(9-11-25)13-15-2-4-16(20)5-3-15/h2-7,12H,8-11,13H2,1H3. The number of halogens is 3. The molecule has 0 spiro atoms. The van der Waals surface area contributed by atoms with Crippen LogP contribution < -0.4 is 0 Å². The van der Waals surface area contributed by atoms with Crippen LogP contribution in [0.3, 0.4) is 0 Å². The second kappa shape index (κ2) is 8.41. The van der Waals surface area contributed by atoms with E-state index in [2.05, 4.69) is 22.0 Å². The molecule has 6 heteroatoms. The summed E-state index contributed by atoms with van der Waals surface area (Å²) in [6.07, 6.45) is 0. The molecule has 0 saturated carbocycles. The summed E-state index contributed by atoms with van der Waals surface area (Å²) in [6, 6.07) is 13.6. The number of benzene rings is 2. The van der Waals surface area contributed by atoms with Gasteiger partial charge < -0.3 is 0 Å². The van der Waals surface area contributed by atoms with E-state index in [0.717, 1.165) is 49.0 Å². The number of nitrogens with zero attached hydrogens (tertiary/aromatic N) is 3. The van der Waals surface area contributed by atoms with E-state index in [-0.39, 0.29) is 0 Å². The molecule has 25 heavy (non-hydrogen) atoms. The molecule has 3 nitrogen and oxygen atoms in total. The Balaban J connectivity index is 1.57. The van der Waals surface area contributed by atoms with Gasteiger partial charge in [-0.1, -0.05) is 53.0 Å². The highest BCUT2D eigenvalue weighted by Crippen LogP contribution is 2.22. The lowest BCUT2D eigenvalue weighted by molar-refractivity contribution is 0.130. The monoisotopic (exact) mass is 395 g/mol. The molecule has 1 aliphatic rings. The lowest BCUT2D eigenvalue weighted by atomic mass is 10.1. The van der Waals surface area contributed by atoms with Crippen LogP contribution >= 0.6 is 34.8 Å². The quantitative estimate of drug-likeness (QED) is 0.662. The summed E-state index contributed by atoms with van der Waals surface area (Å²) in [5.41, 5.74) is 3.12. The highest BCUT2D eigenvalue weighted by molar-refractivity contribution is 6.37. The SMILES string of the molecule is CC(=NN1CCN(Cc2ccc(Cl)cc2)CC1)c1ccc(Cl)cc1Cl. The van der Waals surface area contributed by atoms with Gasteiger partial charge in [-0.15, -0.1) is 0 Å². The minimum Gasteiger partial charge on any atom is -0.295 e. The van der Waals surface area contributed by atoms with Crippen LogP contribution in [0.25, 0.3) is 0 Å². The van der Waals surface area contributed by atoms with Crippen molar-refractivity contribution in [2.75, 3.05) is 26.2 Å². The van der Waals surface area contributed by atoms with Gasteiger partial charge in [0, 0.05) is 48.3 Å². The maximum absolute atomic E-state index is 6.27. The van der Waals surface area contributed by atoms with Gasteiger partial charge in [-0.05, 0) is 36.8 Å². The maximum Gasteiger partial charge on any atom is 0.0661 e. The van der Waals surface area contributed by atoms with Crippen LogP contribution in [-0.4, -0.2) is 41.8 Å². The smallest absolute Gasteiger partial charge is 0.0661 e. The maximum atomic E-state index is 6.27. The minimum absolute atomic E-state index is 0.634. The molecule has 0 amide bonds. The highest BCUT2D eigenvalue weighted by atomic mass is 35.5. The molecule has 2 aromatic carbocycles. The van der Waals surface area contributed by atoms with Crippen LogP contribution in [0.5, 0.6) is 0 Å². The Labute approximate surface area is 163 Å². The molecule has 3 rings (SSSR count). The van der Waals surface area contributed by atoms with E-state index >= 15 is 0 Å². The van der Waals surface area contributed by atoms with Gasteiger partial charge in [0.25, 0.3) is 0 Å². The third kappa shape index (κ3) is 5.11. The largest absolute Gasteiger partial charge is 0.295 e. The molecule has 1 saturated heterocycles. The van der Waals surface area contributed by atoms with Crippen molar-refractivity contribution in [2.24, 2.45) is 5.10 Å². The van der Waals surface area contributed by atoms with Crippen molar-refractivity contribution in [3.63, 3.8) is 0 Å². The number of hydrazone groups is 1.